The van der Waals surface area contributed by atoms with Crippen molar-refractivity contribution < 1.29 is 14.3 Å². The third-order valence-corrected chi connectivity index (χ3v) is 2.66. The van der Waals surface area contributed by atoms with Crippen LogP contribution in [0.3, 0.4) is 0 Å². The number of aryl methyl sites for hydroxylation is 1. The zero-order valence-corrected chi connectivity index (χ0v) is 11.6. The molecule has 1 aromatic rings. The van der Waals surface area contributed by atoms with Crippen molar-refractivity contribution in [1.82, 2.24) is 5.32 Å². The van der Waals surface area contributed by atoms with Gasteiger partial charge in [0.2, 0.25) is 0 Å². The number of amides is 2. The highest BCUT2D eigenvalue weighted by Gasteiger charge is 2.16. The molecule has 2 amide bonds. The highest BCUT2D eigenvalue weighted by molar-refractivity contribution is 5.94. The van der Waals surface area contributed by atoms with Gasteiger partial charge in [-0.05, 0) is 32.4 Å². The summed E-state index contributed by atoms with van der Waals surface area (Å²) < 4.78 is 4.76. The fourth-order valence-corrected chi connectivity index (χ4v) is 1.74. The topological polar surface area (TPSA) is 58.6 Å². The van der Waals surface area contributed by atoms with E-state index in [9.17, 15) is 9.59 Å². The summed E-state index contributed by atoms with van der Waals surface area (Å²) in [5, 5.41) is 2.56. The van der Waals surface area contributed by atoms with Gasteiger partial charge in [-0.15, -0.1) is 0 Å². The number of hydrogen-bond acceptors (Lipinski definition) is 3. The maximum absolute atomic E-state index is 12.0. The average molecular weight is 264 g/mol. The number of hydrogen-bond donors (Lipinski definition) is 1. The molecule has 0 heterocycles. The van der Waals surface area contributed by atoms with E-state index in [1.165, 1.54) is 0 Å². The maximum Gasteiger partial charge on any atom is 0.325 e. The molecule has 0 aliphatic heterocycles. The Labute approximate surface area is 113 Å². The molecule has 5 nitrogen and oxygen atoms in total. The summed E-state index contributed by atoms with van der Waals surface area (Å²) in [4.78, 5) is 24.8. The van der Waals surface area contributed by atoms with Crippen LogP contribution in [-0.4, -0.2) is 31.7 Å². The Morgan fingerprint density at radius 1 is 1.26 bits per heavy atom. The van der Waals surface area contributed by atoms with E-state index in [1.54, 1.807) is 11.8 Å². The fraction of sp³-hybridized carbons (Fsp3) is 0.429. The van der Waals surface area contributed by atoms with E-state index in [1.807, 2.05) is 38.1 Å². The van der Waals surface area contributed by atoms with E-state index in [4.69, 9.17) is 4.74 Å². The van der Waals surface area contributed by atoms with Crippen LogP contribution in [0.2, 0.25) is 0 Å². The summed E-state index contributed by atoms with van der Waals surface area (Å²) in [6.07, 6.45) is 0. The molecule has 0 bridgehead atoms. The summed E-state index contributed by atoms with van der Waals surface area (Å²) in [7, 11) is 0. The van der Waals surface area contributed by atoms with Gasteiger partial charge < -0.3 is 10.1 Å². The van der Waals surface area contributed by atoms with E-state index in [2.05, 4.69) is 5.32 Å². The summed E-state index contributed by atoms with van der Waals surface area (Å²) in [5.74, 6) is -0.434. The number of nitrogens with one attached hydrogen (secondary N) is 1. The SMILES string of the molecule is CCOC(=O)CNC(=O)N(CC)c1ccccc1C. The molecular weight excluding hydrogens is 244 g/mol. The number of para-hydroxylation sites is 1. The lowest BCUT2D eigenvalue weighted by atomic mass is 10.2. The third-order valence-electron chi connectivity index (χ3n) is 2.66. The van der Waals surface area contributed by atoms with Crippen LogP contribution in [0.5, 0.6) is 0 Å². The number of benzene rings is 1. The molecule has 1 N–H and O–H groups in total. The monoisotopic (exact) mass is 264 g/mol. The summed E-state index contributed by atoms with van der Waals surface area (Å²) >= 11 is 0. The highest BCUT2D eigenvalue weighted by Crippen LogP contribution is 2.18. The Balaban J connectivity index is 2.68. The van der Waals surface area contributed by atoms with Crippen LogP contribution in [0.1, 0.15) is 19.4 Å². The van der Waals surface area contributed by atoms with Crippen LogP contribution in [0.4, 0.5) is 10.5 Å². The van der Waals surface area contributed by atoms with Crippen molar-refractivity contribution in [3.63, 3.8) is 0 Å². The number of esters is 1. The molecule has 5 heteroatoms. The first-order chi connectivity index (χ1) is 9.10. The van der Waals surface area contributed by atoms with Crippen LogP contribution in [-0.2, 0) is 9.53 Å². The first-order valence-electron chi connectivity index (χ1n) is 6.36. The molecule has 0 unspecified atom stereocenters. The lowest BCUT2D eigenvalue weighted by Gasteiger charge is -2.23. The highest BCUT2D eigenvalue weighted by atomic mass is 16.5. The van der Waals surface area contributed by atoms with Gasteiger partial charge in [0, 0.05) is 12.2 Å². The minimum absolute atomic E-state index is 0.116. The molecule has 0 aliphatic carbocycles. The predicted octanol–water partition coefficient (Wildman–Crippen LogP) is 2.09. The molecule has 0 radical (unpaired) electrons. The summed E-state index contributed by atoms with van der Waals surface area (Å²) in [6.45, 7) is 6.27. The van der Waals surface area contributed by atoms with Crippen LogP contribution < -0.4 is 10.2 Å². The quantitative estimate of drug-likeness (QED) is 0.828. The number of nitrogens with zero attached hydrogens (tertiary/aromatic N) is 1. The fourth-order valence-electron chi connectivity index (χ4n) is 1.74. The van der Waals surface area contributed by atoms with E-state index in [-0.39, 0.29) is 12.6 Å². The Morgan fingerprint density at radius 2 is 1.95 bits per heavy atom. The number of carbonyl (C=O) groups excluding carboxylic acids is 2. The van der Waals surface area contributed by atoms with Crippen molar-refractivity contribution >= 4 is 17.7 Å². The summed E-state index contributed by atoms with van der Waals surface area (Å²) in [6, 6.07) is 7.32. The molecule has 0 spiro atoms. The maximum atomic E-state index is 12.0. The lowest BCUT2D eigenvalue weighted by Crippen LogP contribution is -2.42. The largest absolute Gasteiger partial charge is 0.465 e. The minimum Gasteiger partial charge on any atom is -0.465 e. The number of anilines is 1. The number of urea groups is 1. The molecule has 0 saturated carbocycles. The van der Waals surface area contributed by atoms with Crippen molar-refractivity contribution in [2.45, 2.75) is 20.8 Å². The summed E-state index contributed by atoms with van der Waals surface area (Å²) in [5.41, 5.74) is 1.85. The second-order valence-corrected chi connectivity index (χ2v) is 3.99. The predicted molar refractivity (Wildman–Crippen MR) is 74.2 cm³/mol. The van der Waals surface area contributed by atoms with Gasteiger partial charge in [0.25, 0.3) is 0 Å². The molecule has 0 aromatic heterocycles. The van der Waals surface area contributed by atoms with Crippen molar-refractivity contribution in [3.8, 4) is 0 Å². The molecule has 0 fully saturated rings. The first-order valence-corrected chi connectivity index (χ1v) is 6.36. The third kappa shape index (κ3) is 4.28. The molecule has 0 atom stereocenters. The zero-order valence-electron chi connectivity index (χ0n) is 11.6. The number of rotatable bonds is 5. The van der Waals surface area contributed by atoms with Gasteiger partial charge in [-0.1, -0.05) is 18.2 Å². The Morgan fingerprint density at radius 3 is 2.53 bits per heavy atom. The number of carbonyl (C=O) groups is 2. The van der Waals surface area contributed by atoms with E-state index in [0.717, 1.165) is 11.3 Å². The molecule has 0 aliphatic rings. The standard InChI is InChI=1S/C14H20N2O3/c1-4-16(12-9-7-6-8-11(12)3)14(18)15-10-13(17)19-5-2/h6-9H,4-5,10H2,1-3H3,(H,15,18). The van der Waals surface area contributed by atoms with Crippen molar-refractivity contribution in [2.75, 3.05) is 24.6 Å². The van der Waals surface area contributed by atoms with Gasteiger partial charge in [-0.25, -0.2) is 4.79 Å². The average Bonchev–Trinajstić information content (AvgIpc) is 2.40. The Kier molecular flexibility index (Phi) is 5.85. The van der Waals surface area contributed by atoms with Gasteiger partial charge in [0.1, 0.15) is 6.54 Å². The zero-order chi connectivity index (χ0) is 14.3. The second kappa shape index (κ2) is 7.41. The van der Waals surface area contributed by atoms with Crippen LogP contribution >= 0.6 is 0 Å². The molecule has 1 rings (SSSR count). The van der Waals surface area contributed by atoms with Crippen molar-refractivity contribution in [2.24, 2.45) is 0 Å². The lowest BCUT2D eigenvalue weighted by molar-refractivity contribution is -0.141. The smallest absolute Gasteiger partial charge is 0.325 e. The first kappa shape index (κ1) is 15.0. The van der Waals surface area contributed by atoms with Crippen molar-refractivity contribution in [1.29, 1.82) is 0 Å². The van der Waals surface area contributed by atoms with Gasteiger partial charge in [-0.3, -0.25) is 9.69 Å². The Bertz CT molecular complexity index is 446. The van der Waals surface area contributed by atoms with E-state index in [0.29, 0.717) is 13.2 Å². The van der Waals surface area contributed by atoms with Crippen molar-refractivity contribution in [3.05, 3.63) is 29.8 Å². The van der Waals surface area contributed by atoms with E-state index < -0.39 is 5.97 Å². The van der Waals surface area contributed by atoms with Gasteiger partial charge in [-0.2, -0.15) is 0 Å². The Hall–Kier alpha value is -2.04. The van der Waals surface area contributed by atoms with Crippen LogP contribution in [0.25, 0.3) is 0 Å². The second-order valence-electron chi connectivity index (χ2n) is 3.99. The minimum atomic E-state index is -0.434. The van der Waals surface area contributed by atoms with Gasteiger partial charge in [0.15, 0.2) is 0 Å². The van der Waals surface area contributed by atoms with E-state index >= 15 is 0 Å². The van der Waals surface area contributed by atoms with Gasteiger partial charge in [0.05, 0.1) is 6.61 Å². The molecule has 104 valence electrons. The molecule has 1 aromatic carbocycles. The van der Waals surface area contributed by atoms with Gasteiger partial charge >= 0.3 is 12.0 Å². The van der Waals surface area contributed by atoms with Crippen LogP contribution in [0.15, 0.2) is 24.3 Å². The molecule has 19 heavy (non-hydrogen) atoms. The molecule has 0 saturated heterocycles. The normalized spacial score (nSPS) is 9.84. The molecular formula is C14H20N2O3. The van der Waals surface area contributed by atoms with Crippen LogP contribution in [0, 0.1) is 6.92 Å². The number of ether oxygens (including phenoxy) is 1.